The molecule has 2 aromatic heterocycles. The van der Waals surface area contributed by atoms with Crippen molar-refractivity contribution < 1.29 is 19.7 Å². The predicted molar refractivity (Wildman–Crippen MR) is 168 cm³/mol. The number of benzene rings is 2. The number of carbonyl (C=O) groups is 1. The van der Waals surface area contributed by atoms with Gasteiger partial charge in [0, 0.05) is 23.4 Å². The van der Waals surface area contributed by atoms with Gasteiger partial charge in [-0.2, -0.15) is 0 Å². The Morgan fingerprint density at radius 1 is 1.18 bits per heavy atom. The molecule has 13 heteroatoms. The van der Waals surface area contributed by atoms with Gasteiger partial charge in [-0.1, -0.05) is 29.4 Å². The lowest BCUT2D eigenvalue weighted by molar-refractivity contribution is 0.0603. The number of piperidine rings is 1. The van der Waals surface area contributed by atoms with Gasteiger partial charge in [-0.05, 0) is 68.5 Å². The van der Waals surface area contributed by atoms with E-state index in [1.54, 1.807) is 45.5 Å². The number of nitrogens with one attached hydrogen (secondary N) is 1. The van der Waals surface area contributed by atoms with Crippen LogP contribution in [0.15, 0.2) is 63.8 Å². The molecule has 1 unspecified atom stereocenters. The molecule has 1 spiro atoms. The van der Waals surface area contributed by atoms with Gasteiger partial charge in [0.2, 0.25) is 0 Å². The number of methoxy groups -OCH3 is 1. The molecule has 44 heavy (non-hydrogen) atoms. The SMILES string of the molecule is COc1ccc2c(c1)C(NC(=O)O)C1(CCN(c3cnc(Sc4ccc5ncn(CC(C)(C)O)c(=O)c5c4Cl)cn3)CC1)C2. The van der Waals surface area contributed by atoms with Gasteiger partial charge in [0.1, 0.15) is 16.6 Å². The summed E-state index contributed by atoms with van der Waals surface area (Å²) in [7, 11) is 1.61. The second kappa shape index (κ2) is 11.6. The number of aromatic nitrogens is 4. The van der Waals surface area contributed by atoms with Crippen molar-refractivity contribution in [1.29, 1.82) is 0 Å². The largest absolute Gasteiger partial charge is 0.497 e. The van der Waals surface area contributed by atoms with Crippen LogP contribution in [0.3, 0.4) is 0 Å². The summed E-state index contributed by atoms with van der Waals surface area (Å²) in [5.74, 6) is 1.46. The van der Waals surface area contributed by atoms with E-state index in [1.165, 1.54) is 22.7 Å². The van der Waals surface area contributed by atoms with Crippen LogP contribution in [0.2, 0.25) is 5.02 Å². The van der Waals surface area contributed by atoms with E-state index in [1.807, 2.05) is 18.2 Å². The number of amides is 1. The van der Waals surface area contributed by atoms with Crippen molar-refractivity contribution in [1.82, 2.24) is 24.8 Å². The Kier molecular flexibility index (Phi) is 7.93. The van der Waals surface area contributed by atoms with Crippen molar-refractivity contribution in [3.8, 4) is 5.75 Å². The fraction of sp³-hybridized carbons (Fsp3) is 0.387. The first-order chi connectivity index (χ1) is 21.0. The molecule has 2 aromatic carbocycles. The number of rotatable bonds is 7. The first-order valence-electron chi connectivity index (χ1n) is 14.3. The molecule has 1 amide bonds. The highest BCUT2D eigenvalue weighted by Gasteiger charge is 2.48. The molecule has 3 N–H and O–H groups in total. The topological polar surface area (TPSA) is 143 Å². The van der Waals surface area contributed by atoms with Gasteiger partial charge in [-0.25, -0.2) is 19.7 Å². The molecule has 1 saturated heterocycles. The Morgan fingerprint density at radius 2 is 1.95 bits per heavy atom. The van der Waals surface area contributed by atoms with Crippen LogP contribution in [-0.4, -0.2) is 61.6 Å². The number of hydrogen-bond acceptors (Lipinski definition) is 9. The van der Waals surface area contributed by atoms with Gasteiger partial charge in [0.05, 0.1) is 59.9 Å². The van der Waals surface area contributed by atoms with Crippen LogP contribution in [-0.2, 0) is 13.0 Å². The number of anilines is 1. The lowest BCUT2D eigenvalue weighted by atomic mass is 9.72. The Hall–Kier alpha value is -3.87. The zero-order valence-electron chi connectivity index (χ0n) is 24.6. The monoisotopic (exact) mass is 636 g/mol. The van der Waals surface area contributed by atoms with Crippen LogP contribution in [0.4, 0.5) is 10.6 Å². The molecular formula is C31H33ClN6O5S. The number of aliphatic hydroxyl groups is 1. The zero-order chi connectivity index (χ0) is 31.2. The highest BCUT2D eigenvalue weighted by Crippen LogP contribution is 2.53. The molecule has 11 nitrogen and oxygen atoms in total. The van der Waals surface area contributed by atoms with Gasteiger partial charge in [-0.15, -0.1) is 0 Å². The summed E-state index contributed by atoms with van der Waals surface area (Å²) < 4.78 is 6.77. The molecule has 2 aliphatic rings. The number of hydrogen-bond donors (Lipinski definition) is 3. The average Bonchev–Trinajstić information content (AvgIpc) is 3.27. The molecule has 1 aliphatic carbocycles. The van der Waals surface area contributed by atoms with E-state index in [-0.39, 0.29) is 28.6 Å². The van der Waals surface area contributed by atoms with E-state index in [2.05, 4.69) is 25.2 Å². The maximum absolute atomic E-state index is 13.2. The van der Waals surface area contributed by atoms with Crippen LogP contribution in [0, 0.1) is 5.41 Å². The summed E-state index contributed by atoms with van der Waals surface area (Å²) in [4.78, 5) is 41.4. The van der Waals surface area contributed by atoms with Gasteiger partial charge in [-0.3, -0.25) is 9.36 Å². The molecule has 0 radical (unpaired) electrons. The van der Waals surface area contributed by atoms with Crippen molar-refractivity contribution in [2.24, 2.45) is 5.41 Å². The number of carboxylic acid groups (broad SMARTS) is 1. The minimum atomic E-state index is -1.09. The molecular weight excluding hydrogens is 604 g/mol. The third-order valence-electron chi connectivity index (χ3n) is 8.45. The Morgan fingerprint density at radius 3 is 2.61 bits per heavy atom. The van der Waals surface area contributed by atoms with E-state index in [4.69, 9.17) is 16.3 Å². The summed E-state index contributed by atoms with van der Waals surface area (Å²) in [6, 6.07) is 9.15. The van der Waals surface area contributed by atoms with Crippen LogP contribution < -0.4 is 20.5 Å². The molecule has 1 aliphatic heterocycles. The van der Waals surface area contributed by atoms with Crippen LogP contribution in [0.25, 0.3) is 10.9 Å². The van der Waals surface area contributed by atoms with Crippen LogP contribution in [0.5, 0.6) is 5.75 Å². The van der Waals surface area contributed by atoms with Gasteiger partial charge < -0.3 is 25.2 Å². The predicted octanol–water partition coefficient (Wildman–Crippen LogP) is 4.92. The standard InChI is InChI=1S/C31H33ClN6O5S/c1-30(2,42)16-38-17-35-21-6-7-22(26(32)25(21)28(38)39)44-24-15-33-23(14-34-24)37-10-8-31(9-11-37)13-18-4-5-19(43-3)12-20(18)27(31)36-29(40)41/h4-7,12,14-15,17,27,36,42H,8-11,13,16H2,1-3H3,(H,40,41). The highest BCUT2D eigenvalue weighted by atomic mass is 35.5. The maximum Gasteiger partial charge on any atom is 0.405 e. The van der Waals surface area contributed by atoms with Crippen molar-refractivity contribution in [3.63, 3.8) is 0 Å². The highest BCUT2D eigenvalue weighted by molar-refractivity contribution is 7.99. The minimum Gasteiger partial charge on any atom is -0.497 e. The van der Waals surface area contributed by atoms with E-state index in [0.717, 1.165) is 36.2 Å². The summed E-state index contributed by atoms with van der Waals surface area (Å²) in [6.45, 7) is 4.77. The first kappa shape index (κ1) is 30.2. The van der Waals surface area contributed by atoms with E-state index in [9.17, 15) is 19.8 Å². The second-order valence-electron chi connectivity index (χ2n) is 12.1. The summed E-state index contributed by atoms with van der Waals surface area (Å²) in [5, 5.41) is 23.8. The van der Waals surface area contributed by atoms with Crippen molar-refractivity contribution in [2.45, 2.75) is 61.2 Å². The molecule has 0 saturated carbocycles. The lowest BCUT2D eigenvalue weighted by Gasteiger charge is -2.43. The molecule has 1 fully saturated rings. The van der Waals surface area contributed by atoms with Crippen LogP contribution in [0.1, 0.15) is 43.9 Å². The maximum atomic E-state index is 13.2. The number of nitrogens with zero attached hydrogens (tertiary/aromatic N) is 5. The zero-order valence-corrected chi connectivity index (χ0v) is 26.2. The summed E-state index contributed by atoms with van der Waals surface area (Å²) in [6.07, 6.45) is 6.19. The minimum absolute atomic E-state index is 0.0887. The van der Waals surface area contributed by atoms with E-state index < -0.39 is 11.7 Å². The number of ether oxygens (including phenoxy) is 1. The smallest absolute Gasteiger partial charge is 0.405 e. The molecule has 1 atom stereocenters. The van der Waals surface area contributed by atoms with Crippen LogP contribution >= 0.6 is 23.4 Å². The van der Waals surface area contributed by atoms with Crippen molar-refractivity contribution >= 4 is 46.2 Å². The molecule has 230 valence electrons. The Bertz CT molecular complexity index is 1780. The third-order valence-corrected chi connectivity index (χ3v) is 9.94. The molecule has 3 heterocycles. The van der Waals surface area contributed by atoms with Gasteiger partial charge in [0.15, 0.2) is 0 Å². The number of halogens is 1. The summed E-state index contributed by atoms with van der Waals surface area (Å²) >= 11 is 8.01. The lowest BCUT2D eigenvalue weighted by Crippen LogP contribution is -2.47. The Labute approximate surface area is 263 Å². The van der Waals surface area contributed by atoms with Gasteiger partial charge >= 0.3 is 6.09 Å². The van der Waals surface area contributed by atoms with Crippen molar-refractivity contribution in [2.75, 3.05) is 25.1 Å². The van der Waals surface area contributed by atoms with E-state index in [0.29, 0.717) is 39.7 Å². The fourth-order valence-electron chi connectivity index (χ4n) is 6.37. The summed E-state index contributed by atoms with van der Waals surface area (Å²) in [5.41, 5.74) is 0.988. The molecule has 0 bridgehead atoms. The first-order valence-corrected chi connectivity index (χ1v) is 15.5. The normalized spacial score (nSPS) is 17.6. The number of fused-ring (bicyclic) bond motifs is 2. The fourth-order valence-corrected chi connectivity index (χ4v) is 7.49. The quantitative estimate of drug-likeness (QED) is 0.256. The Balaban J connectivity index is 1.17. The van der Waals surface area contributed by atoms with E-state index >= 15 is 0 Å². The molecule has 4 aromatic rings. The average molecular weight is 637 g/mol. The third kappa shape index (κ3) is 5.81. The van der Waals surface area contributed by atoms with Crippen molar-refractivity contribution in [3.05, 3.63) is 75.6 Å². The second-order valence-corrected chi connectivity index (χ2v) is 13.5. The molecule has 6 rings (SSSR count). The van der Waals surface area contributed by atoms with Gasteiger partial charge in [0.25, 0.3) is 5.56 Å².